The SMILES string of the molecule is CC1(C)c2ccccc2-c2c1ccc1c2Oc2c(cccc2-c2nc(-c3ccccc3)cc(-c3ccc4c(c3)oc3ccccc34)n2)O1. The standard InChI is InChI=1S/C43H28N2O3/c1-43(2)31-16-8-6-14-29(31)39-32(43)21-22-37-41(39)48-40-30(15-10-18-36(40)47-37)42-44-33(25-11-4-3-5-12-25)24-34(45-42)26-19-20-28-27-13-7-9-17-35(27)46-38(28)23-26/h3-24H,1-2H3. The molecule has 3 heterocycles. The van der Waals surface area contributed by atoms with E-state index < -0.39 is 0 Å². The van der Waals surface area contributed by atoms with Gasteiger partial charge in [-0.2, -0.15) is 0 Å². The molecule has 0 unspecified atom stereocenters. The molecule has 10 rings (SSSR count). The minimum absolute atomic E-state index is 0.160. The van der Waals surface area contributed by atoms with Crippen LogP contribution in [0.15, 0.2) is 138 Å². The molecule has 5 heteroatoms. The van der Waals surface area contributed by atoms with Gasteiger partial charge >= 0.3 is 0 Å². The van der Waals surface area contributed by atoms with Crippen molar-refractivity contribution in [3.05, 3.63) is 145 Å². The van der Waals surface area contributed by atoms with E-state index in [1.54, 1.807) is 0 Å². The molecule has 1 aliphatic heterocycles. The summed E-state index contributed by atoms with van der Waals surface area (Å²) in [7, 11) is 0. The Bertz CT molecular complexity index is 2600. The van der Waals surface area contributed by atoms with Crippen LogP contribution >= 0.6 is 0 Å². The molecule has 0 N–H and O–H groups in total. The predicted octanol–water partition coefficient (Wildman–Crippen LogP) is 11.6. The van der Waals surface area contributed by atoms with E-state index in [0.717, 1.165) is 61.3 Å². The van der Waals surface area contributed by atoms with Crippen LogP contribution in [0.25, 0.3) is 67.0 Å². The first-order valence-electron chi connectivity index (χ1n) is 16.2. The predicted molar refractivity (Wildman–Crippen MR) is 190 cm³/mol. The molecular formula is C43H28N2O3. The van der Waals surface area contributed by atoms with Gasteiger partial charge in [0.25, 0.3) is 0 Å². The van der Waals surface area contributed by atoms with Gasteiger partial charge in [0.05, 0.1) is 17.0 Å². The zero-order valence-corrected chi connectivity index (χ0v) is 26.3. The summed E-state index contributed by atoms with van der Waals surface area (Å²) >= 11 is 0. The van der Waals surface area contributed by atoms with Crippen molar-refractivity contribution in [2.45, 2.75) is 19.3 Å². The molecule has 2 aromatic heterocycles. The Morgan fingerprint density at radius 2 is 1.23 bits per heavy atom. The highest BCUT2D eigenvalue weighted by Gasteiger charge is 2.40. The molecule has 0 bridgehead atoms. The molecule has 0 atom stereocenters. The Labute approximate surface area is 277 Å². The van der Waals surface area contributed by atoms with Gasteiger partial charge in [-0.15, -0.1) is 0 Å². The third kappa shape index (κ3) is 3.91. The molecule has 6 aromatic carbocycles. The number of fused-ring (bicyclic) bond motifs is 9. The van der Waals surface area contributed by atoms with Crippen molar-refractivity contribution in [3.8, 4) is 68.0 Å². The summed E-state index contributed by atoms with van der Waals surface area (Å²) in [5, 5.41) is 2.17. The summed E-state index contributed by atoms with van der Waals surface area (Å²) in [6.45, 7) is 4.53. The number of furan rings is 1. The summed E-state index contributed by atoms with van der Waals surface area (Å²) in [6, 6.07) is 45.3. The summed E-state index contributed by atoms with van der Waals surface area (Å²) in [5.41, 5.74) is 10.6. The number of hydrogen-bond acceptors (Lipinski definition) is 5. The van der Waals surface area contributed by atoms with Crippen LogP contribution in [-0.2, 0) is 5.41 Å². The Kier molecular flexibility index (Phi) is 5.56. The minimum Gasteiger partial charge on any atom is -0.456 e. The van der Waals surface area contributed by atoms with E-state index in [1.165, 1.54) is 16.7 Å². The van der Waals surface area contributed by atoms with Gasteiger partial charge in [0.2, 0.25) is 0 Å². The van der Waals surface area contributed by atoms with E-state index in [2.05, 4.69) is 80.6 Å². The molecule has 48 heavy (non-hydrogen) atoms. The second-order valence-electron chi connectivity index (χ2n) is 13.0. The number of rotatable bonds is 3. The third-order valence-corrected chi connectivity index (χ3v) is 9.78. The fourth-order valence-corrected chi connectivity index (χ4v) is 7.38. The summed E-state index contributed by atoms with van der Waals surface area (Å²) in [4.78, 5) is 10.3. The van der Waals surface area contributed by atoms with E-state index in [4.69, 9.17) is 23.9 Å². The molecule has 1 aliphatic carbocycles. The topological polar surface area (TPSA) is 57.4 Å². The smallest absolute Gasteiger partial charge is 0.181 e. The molecule has 2 aliphatic rings. The summed E-state index contributed by atoms with van der Waals surface area (Å²) < 4.78 is 19.7. The zero-order valence-electron chi connectivity index (χ0n) is 26.3. The number of hydrogen-bond donors (Lipinski definition) is 0. The van der Waals surface area contributed by atoms with E-state index in [-0.39, 0.29) is 5.41 Å². The van der Waals surface area contributed by atoms with Gasteiger partial charge in [0.15, 0.2) is 28.8 Å². The second-order valence-corrected chi connectivity index (χ2v) is 13.0. The van der Waals surface area contributed by atoms with E-state index in [1.807, 2.05) is 66.7 Å². The van der Waals surface area contributed by atoms with Gasteiger partial charge < -0.3 is 13.9 Å². The Hall–Kier alpha value is -6.20. The largest absolute Gasteiger partial charge is 0.456 e. The fraction of sp³-hybridized carbons (Fsp3) is 0.0698. The second kappa shape index (κ2) is 9.90. The fourth-order valence-electron chi connectivity index (χ4n) is 7.38. The highest BCUT2D eigenvalue weighted by Crippen LogP contribution is 2.59. The van der Waals surface area contributed by atoms with Crippen molar-refractivity contribution < 1.29 is 13.9 Å². The molecule has 5 nitrogen and oxygen atoms in total. The Balaban J connectivity index is 1.15. The maximum atomic E-state index is 6.92. The minimum atomic E-state index is -0.160. The van der Waals surface area contributed by atoms with Crippen molar-refractivity contribution in [1.82, 2.24) is 9.97 Å². The van der Waals surface area contributed by atoms with Crippen LogP contribution in [0.2, 0.25) is 0 Å². The molecule has 228 valence electrons. The third-order valence-electron chi connectivity index (χ3n) is 9.78. The molecule has 0 radical (unpaired) electrons. The first-order chi connectivity index (χ1) is 23.5. The monoisotopic (exact) mass is 620 g/mol. The summed E-state index contributed by atoms with van der Waals surface area (Å²) in [5.74, 6) is 3.20. The molecular weight excluding hydrogens is 592 g/mol. The van der Waals surface area contributed by atoms with Crippen LogP contribution < -0.4 is 9.47 Å². The maximum absolute atomic E-state index is 6.92. The molecule has 8 aromatic rings. The van der Waals surface area contributed by atoms with Crippen LogP contribution in [0.1, 0.15) is 25.0 Å². The van der Waals surface area contributed by atoms with Crippen molar-refractivity contribution in [3.63, 3.8) is 0 Å². The number of nitrogens with zero attached hydrogens (tertiary/aromatic N) is 2. The van der Waals surface area contributed by atoms with E-state index in [9.17, 15) is 0 Å². The number of aromatic nitrogens is 2. The first-order valence-corrected chi connectivity index (χ1v) is 16.2. The Morgan fingerprint density at radius 3 is 2.12 bits per heavy atom. The highest BCUT2D eigenvalue weighted by molar-refractivity contribution is 6.05. The van der Waals surface area contributed by atoms with E-state index in [0.29, 0.717) is 23.1 Å². The van der Waals surface area contributed by atoms with Gasteiger partial charge in [-0.05, 0) is 59.2 Å². The van der Waals surface area contributed by atoms with Gasteiger partial charge in [0.1, 0.15) is 11.2 Å². The number of benzene rings is 6. The lowest BCUT2D eigenvalue weighted by atomic mass is 9.82. The molecule has 0 saturated heterocycles. The van der Waals surface area contributed by atoms with Crippen molar-refractivity contribution in [1.29, 1.82) is 0 Å². The van der Waals surface area contributed by atoms with Crippen LogP contribution in [0.5, 0.6) is 23.0 Å². The maximum Gasteiger partial charge on any atom is 0.181 e. The lowest BCUT2D eigenvalue weighted by Crippen LogP contribution is -2.15. The van der Waals surface area contributed by atoms with Crippen LogP contribution in [0.3, 0.4) is 0 Å². The Morgan fingerprint density at radius 1 is 0.500 bits per heavy atom. The highest BCUT2D eigenvalue weighted by atomic mass is 16.6. The molecule has 0 amide bonds. The first kappa shape index (κ1) is 27.0. The zero-order chi connectivity index (χ0) is 32.0. The van der Waals surface area contributed by atoms with Gasteiger partial charge in [-0.25, -0.2) is 9.97 Å². The van der Waals surface area contributed by atoms with Crippen molar-refractivity contribution >= 4 is 21.9 Å². The van der Waals surface area contributed by atoms with Crippen LogP contribution in [0.4, 0.5) is 0 Å². The summed E-state index contributed by atoms with van der Waals surface area (Å²) in [6.07, 6.45) is 0. The number of ether oxygens (including phenoxy) is 2. The average Bonchev–Trinajstić information content (AvgIpc) is 3.62. The van der Waals surface area contributed by atoms with Crippen LogP contribution in [-0.4, -0.2) is 9.97 Å². The average molecular weight is 621 g/mol. The molecule has 0 fully saturated rings. The van der Waals surface area contributed by atoms with Crippen LogP contribution in [0, 0.1) is 0 Å². The quantitative estimate of drug-likeness (QED) is 0.197. The van der Waals surface area contributed by atoms with Crippen molar-refractivity contribution in [2.24, 2.45) is 0 Å². The lowest BCUT2D eigenvalue weighted by molar-refractivity contribution is 0.361. The van der Waals surface area contributed by atoms with Gasteiger partial charge in [-0.3, -0.25) is 0 Å². The van der Waals surface area contributed by atoms with E-state index >= 15 is 0 Å². The van der Waals surface area contributed by atoms with Crippen molar-refractivity contribution in [2.75, 3.05) is 0 Å². The normalized spacial score (nSPS) is 13.7. The lowest BCUT2D eigenvalue weighted by Gasteiger charge is -2.26. The van der Waals surface area contributed by atoms with Gasteiger partial charge in [0, 0.05) is 32.9 Å². The van der Waals surface area contributed by atoms with Gasteiger partial charge in [-0.1, -0.05) is 105 Å². The molecule has 0 saturated carbocycles. The molecule has 0 spiro atoms. The number of para-hydroxylation sites is 2.